The fourth-order valence-corrected chi connectivity index (χ4v) is 3.86. The maximum absolute atomic E-state index is 6.67. The van der Waals surface area contributed by atoms with Crippen LogP contribution in [0.3, 0.4) is 0 Å². The fraction of sp³-hybridized carbons (Fsp3) is 0.0909. The van der Waals surface area contributed by atoms with Gasteiger partial charge in [0.25, 0.3) is 0 Å². The second-order valence-corrected chi connectivity index (χ2v) is 6.96. The minimum absolute atomic E-state index is 0.603. The molecule has 0 unspecified atom stereocenters. The average Bonchev–Trinajstić information content (AvgIpc) is 2.63. The van der Waals surface area contributed by atoms with Crippen molar-refractivity contribution in [2.45, 2.75) is 12.5 Å². The Hall–Kier alpha value is -2.32. The van der Waals surface area contributed by atoms with Gasteiger partial charge in [-0.3, -0.25) is 0 Å². The predicted molar refractivity (Wildman–Crippen MR) is 102 cm³/mol. The van der Waals surface area contributed by atoms with E-state index in [2.05, 4.69) is 95.7 Å². The van der Waals surface area contributed by atoms with E-state index < -0.39 is 5.60 Å². The Balaban J connectivity index is 1.94. The molecule has 1 nitrogen and oxygen atoms in total. The number of aryl methyl sites for hydroxylation is 1. The SMILES string of the molecule is Cc1cc(Br)cc2c1OC(c1ccccc1)(c1ccccc1)C=C2. The van der Waals surface area contributed by atoms with Gasteiger partial charge in [0.05, 0.1) is 0 Å². The van der Waals surface area contributed by atoms with E-state index in [1.807, 2.05) is 12.1 Å². The van der Waals surface area contributed by atoms with Gasteiger partial charge in [-0.2, -0.15) is 0 Å². The van der Waals surface area contributed by atoms with E-state index >= 15 is 0 Å². The molecule has 0 aromatic heterocycles. The summed E-state index contributed by atoms with van der Waals surface area (Å²) in [6.07, 6.45) is 4.32. The highest BCUT2D eigenvalue weighted by atomic mass is 79.9. The quantitative estimate of drug-likeness (QED) is 0.524. The molecule has 0 saturated carbocycles. The molecule has 0 N–H and O–H groups in total. The van der Waals surface area contributed by atoms with E-state index in [1.54, 1.807) is 0 Å². The van der Waals surface area contributed by atoms with Crippen LogP contribution in [0.15, 0.2) is 83.3 Å². The van der Waals surface area contributed by atoms with Crippen molar-refractivity contribution in [3.8, 4) is 5.75 Å². The molecule has 0 saturated heterocycles. The summed E-state index contributed by atoms with van der Waals surface area (Å²) in [5, 5.41) is 0. The lowest BCUT2D eigenvalue weighted by Crippen LogP contribution is -2.34. The largest absolute Gasteiger partial charge is 0.473 e. The first-order valence-electron chi connectivity index (χ1n) is 7.98. The van der Waals surface area contributed by atoms with Crippen molar-refractivity contribution < 1.29 is 4.74 Å². The molecule has 24 heavy (non-hydrogen) atoms. The average molecular weight is 377 g/mol. The van der Waals surface area contributed by atoms with Crippen molar-refractivity contribution in [3.63, 3.8) is 0 Å². The molecular weight excluding hydrogens is 360 g/mol. The Kier molecular flexibility index (Phi) is 3.78. The lowest BCUT2D eigenvalue weighted by Gasteiger charge is -2.36. The normalized spacial score (nSPS) is 14.8. The van der Waals surface area contributed by atoms with Gasteiger partial charge in [-0.1, -0.05) is 82.7 Å². The van der Waals surface area contributed by atoms with E-state index in [0.29, 0.717) is 0 Å². The molecule has 0 radical (unpaired) electrons. The molecule has 3 aromatic rings. The van der Waals surface area contributed by atoms with Crippen LogP contribution < -0.4 is 4.74 Å². The first-order valence-corrected chi connectivity index (χ1v) is 8.78. The van der Waals surface area contributed by atoms with Gasteiger partial charge in [0.15, 0.2) is 5.60 Å². The third-order valence-electron chi connectivity index (χ3n) is 4.43. The summed E-state index contributed by atoms with van der Waals surface area (Å²) < 4.78 is 7.74. The van der Waals surface area contributed by atoms with E-state index in [4.69, 9.17) is 4.74 Å². The van der Waals surface area contributed by atoms with Crippen LogP contribution >= 0.6 is 15.9 Å². The second kappa shape index (κ2) is 5.95. The van der Waals surface area contributed by atoms with Gasteiger partial charge in [-0.05, 0) is 30.7 Å². The van der Waals surface area contributed by atoms with Crippen LogP contribution in [-0.4, -0.2) is 0 Å². The van der Waals surface area contributed by atoms with Crippen molar-refractivity contribution in [1.82, 2.24) is 0 Å². The monoisotopic (exact) mass is 376 g/mol. The third kappa shape index (κ3) is 2.47. The summed E-state index contributed by atoms with van der Waals surface area (Å²) >= 11 is 3.57. The number of fused-ring (bicyclic) bond motifs is 1. The van der Waals surface area contributed by atoms with Gasteiger partial charge in [-0.15, -0.1) is 0 Å². The van der Waals surface area contributed by atoms with E-state index in [1.165, 1.54) is 0 Å². The highest BCUT2D eigenvalue weighted by Gasteiger charge is 2.37. The first-order chi connectivity index (χ1) is 11.7. The van der Waals surface area contributed by atoms with Crippen LogP contribution in [0.4, 0.5) is 0 Å². The first kappa shape index (κ1) is 15.2. The van der Waals surface area contributed by atoms with E-state index in [-0.39, 0.29) is 0 Å². The van der Waals surface area contributed by atoms with Crippen LogP contribution in [0.1, 0.15) is 22.3 Å². The zero-order chi connectivity index (χ0) is 16.6. The molecule has 0 atom stereocenters. The maximum atomic E-state index is 6.67. The zero-order valence-corrected chi connectivity index (χ0v) is 15.0. The van der Waals surface area contributed by atoms with Crippen LogP contribution in [0.25, 0.3) is 6.08 Å². The molecule has 0 fully saturated rings. The third-order valence-corrected chi connectivity index (χ3v) is 4.89. The van der Waals surface area contributed by atoms with Crippen molar-refractivity contribution in [2.24, 2.45) is 0 Å². The molecule has 0 aliphatic carbocycles. The highest BCUT2D eigenvalue weighted by molar-refractivity contribution is 9.10. The Morgan fingerprint density at radius 1 is 0.833 bits per heavy atom. The minimum atomic E-state index is -0.603. The lowest BCUT2D eigenvalue weighted by molar-refractivity contribution is 0.159. The van der Waals surface area contributed by atoms with Crippen molar-refractivity contribution in [3.05, 3.63) is 106 Å². The molecule has 1 aliphatic heterocycles. The summed E-state index contributed by atoms with van der Waals surface area (Å²) in [4.78, 5) is 0. The van der Waals surface area contributed by atoms with Crippen LogP contribution in [0.2, 0.25) is 0 Å². The summed E-state index contributed by atoms with van der Waals surface area (Å²) in [7, 11) is 0. The van der Waals surface area contributed by atoms with Gasteiger partial charge in [0.1, 0.15) is 5.75 Å². The maximum Gasteiger partial charge on any atom is 0.178 e. The molecule has 2 heteroatoms. The summed E-state index contributed by atoms with van der Waals surface area (Å²) in [5.41, 5.74) is 3.87. The van der Waals surface area contributed by atoms with Crippen molar-refractivity contribution in [2.75, 3.05) is 0 Å². The number of halogens is 1. The predicted octanol–water partition coefficient (Wildman–Crippen LogP) is 6.11. The number of rotatable bonds is 2. The Labute approximate surface area is 150 Å². The van der Waals surface area contributed by atoms with Gasteiger partial charge < -0.3 is 4.74 Å². The fourth-order valence-electron chi connectivity index (χ4n) is 3.27. The van der Waals surface area contributed by atoms with Crippen LogP contribution in [-0.2, 0) is 5.60 Å². The van der Waals surface area contributed by atoms with Gasteiger partial charge >= 0.3 is 0 Å². The minimum Gasteiger partial charge on any atom is -0.473 e. The van der Waals surface area contributed by atoms with Gasteiger partial charge in [0.2, 0.25) is 0 Å². The summed E-state index contributed by atoms with van der Waals surface area (Å²) in [5.74, 6) is 0.938. The summed E-state index contributed by atoms with van der Waals surface area (Å²) in [6, 6.07) is 25.0. The molecular formula is C22H17BrO. The van der Waals surface area contributed by atoms with Gasteiger partial charge in [-0.25, -0.2) is 0 Å². The Bertz CT molecular complexity index is 859. The van der Waals surface area contributed by atoms with Crippen molar-refractivity contribution in [1.29, 1.82) is 0 Å². The van der Waals surface area contributed by atoms with Crippen molar-refractivity contribution >= 4 is 22.0 Å². The Morgan fingerprint density at radius 3 is 2.00 bits per heavy atom. The second-order valence-electron chi connectivity index (χ2n) is 6.04. The molecule has 1 heterocycles. The lowest BCUT2D eigenvalue weighted by atomic mass is 9.83. The molecule has 1 aliphatic rings. The van der Waals surface area contributed by atoms with E-state index in [9.17, 15) is 0 Å². The molecule has 0 bridgehead atoms. The molecule has 4 rings (SSSR count). The Morgan fingerprint density at radius 2 is 1.42 bits per heavy atom. The zero-order valence-electron chi connectivity index (χ0n) is 13.4. The standard InChI is InChI=1S/C22H17BrO/c1-16-14-20(23)15-17-12-13-22(24-21(16)17,18-8-4-2-5-9-18)19-10-6-3-7-11-19/h2-15H,1H3. The highest BCUT2D eigenvalue weighted by Crippen LogP contribution is 2.44. The van der Waals surface area contributed by atoms with Gasteiger partial charge in [0, 0.05) is 21.2 Å². The van der Waals surface area contributed by atoms with E-state index in [0.717, 1.165) is 32.5 Å². The number of hydrogen-bond donors (Lipinski definition) is 0. The molecule has 3 aromatic carbocycles. The topological polar surface area (TPSA) is 9.23 Å². The summed E-state index contributed by atoms with van der Waals surface area (Å²) in [6.45, 7) is 2.09. The smallest absolute Gasteiger partial charge is 0.178 e. The molecule has 118 valence electrons. The molecule has 0 spiro atoms. The van der Waals surface area contributed by atoms with Crippen LogP contribution in [0, 0.1) is 6.92 Å². The number of ether oxygens (including phenoxy) is 1. The number of hydrogen-bond acceptors (Lipinski definition) is 1. The number of benzene rings is 3. The molecule has 0 amide bonds. The van der Waals surface area contributed by atoms with Crippen LogP contribution in [0.5, 0.6) is 5.75 Å².